The van der Waals surface area contributed by atoms with Gasteiger partial charge >= 0.3 is 5.97 Å². The molecule has 6 nitrogen and oxygen atoms in total. The van der Waals surface area contributed by atoms with Gasteiger partial charge in [-0.15, -0.1) is 5.10 Å². The number of aryl methyl sites for hydroxylation is 1. The van der Waals surface area contributed by atoms with Crippen LogP contribution in [0.2, 0.25) is 5.02 Å². The number of amides is 1. The number of esters is 1. The maximum Gasteiger partial charge on any atom is 0.331 e. The van der Waals surface area contributed by atoms with Crippen LogP contribution in [-0.4, -0.2) is 30.4 Å². The van der Waals surface area contributed by atoms with Crippen molar-refractivity contribution in [2.75, 3.05) is 7.11 Å². The van der Waals surface area contributed by atoms with E-state index in [1.54, 1.807) is 12.3 Å². The van der Waals surface area contributed by atoms with Crippen LogP contribution in [0.5, 0.6) is 0 Å². The molecule has 1 saturated heterocycles. The molecule has 2 rings (SSSR count). The normalized spacial score (nSPS) is 18.0. The minimum atomic E-state index is -0.597. The number of carbonyl (C=O) groups is 2. The van der Waals surface area contributed by atoms with Crippen molar-refractivity contribution in [3.63, 3.8) is 0 Å². The summed E-state index contributed by atoms with van der Waals surface area (Å²) in [5.41, 5.74) is 1.88. The fraction of sp³-hybridized carbons (Fsp3) is 0.200. The number of amidine groups is 1. The second kappa shape index (κ2) is 7.94. The molecular weight excluding hydrogens is 338 g/mol. The molecular formula is C15H14ClN3O3S. The van der Waals surface area contributed by atoms with Crippen molar-refractivity contribution in [3.05, 3.63) is 45.3 Å². The molecule has 120 valence electrons. The summed E-state index contributed by atoms with van der Waals surface area (Å²) in [5.74, 6) is -1.00. The van der Waals surface area contributed by atoms with Crippen molar-refractivity contribution in [1.82, 2.24) is 5.32 Å². The Morgan fingerprint density at radius 3 is 2.96 bits per heavy atom. The highest BCUT2D eigenvalue weighted by atomic mass is 35.5. The van der Waals surface area contributed by atoms with Gasteiger partial charge in [-0.05, 0) is 41.4 Å². The summed E-state index contributed by atoms with van der Waals surface area (Å²) in [4.78, 5) is 23.0. The van der Waals surface area contributed by atoms with Crippen LogP contribution in [-0.2, 0) is 20.7 Å². The molecule has 0 saturated carbocycles. The average Bonchev–Trinajstić information content (AvgIpc) is 2.88. The fourth-order valence-electron chi connectivity index (χ4n) is 1.74. The Hall–Kier alpha value is -2.12. The summed E-state index contributed by atoms with van der Waals surface area (Å²) in [5, 5.41) is 11.4. The van der Waals surface area contributed by atoms with E-state index in [1.165, 1.54) is 7.11 Å². The first-order valence-corrected chi connectivity index (χ1v) is 7.91. The quantitative estimate of drug-likeness (QED) is 0.391. The summed E-state index contributed by atoms with van der Waals surface area (Å²) < 4.78 is 4.48. The molecule has 1 amide bonds. The first kappa shape index (κ1) is 17.2. The van der Waals surface area contributed by atoms with Gasteiger partial charge in [-0.2, -0.15) is 5.10 Å². The summed E-state index contributed by atoms with van der Waals surface area (Å²) in [6.45, 7) is 2.02. The molecule has 23 heavy (non-hydrogen) atoms. The third-order valence-corrected chi connectivity index (χ3v) is 4.18. The van der Waals surface area contributed by atoms with Crippen LogP contribution in [0.3, 0.4) is 0 Å². The van der Waals surface area contributed by atoms with Gasteiger partial charge in [-0.3, -0.25) is 10.1 Å². The van der Waals surface area contributed by atoms with Crippen LogP contribution in [0.4, 0.5) is 0 Å². The molecule has 1 heterocycles. The Morgan fingerprint density at radius 1 is 1.48 bits per heavy atom. The van der Waals surface area contributed by atoms with Crippen LogP contribution in [0.15, 0.2) is 39.4 Å². The number of halogens is 1. The highest BCUT2D eigenvalue weighted by molar-refractivity contribution is 8.18. The third kappa shape index (κ3) is 4.67. The second-order valence-electron chi connectivity index (χ2n) is 4.44. The summed E-state index contributed by atoms with van der Waals surface area (Å²) in [7, 11) is 1.24. The zero-order valence-electron chi connectivity index (χ0n) is 12.5. The van der Waals surface area contributed by atoms with Crippen LogP contribution in [0.1, 0.15) is 18.1 Å². The van der Waals surface area contributed by atoms with E-state index in [-0.39, 0.29) is 4.91 Å². The van der Waals surface area contributed by atoms with Gasteiger partial charge < -0.3 is 4.74 Å². The number of carbonyl (C=O) groups excluding carboxylic acids is 2. The van der Waals surface area contributed by atoms with Gasteiger partial charge in [-0.1, -0.05) is 24.6 Å². The topological polar surface area (TPSA) is 80.1 Å². The van der Waals surface area contributed by atoms with E-state index in [0.29, 0.717) is 10.2 Å². The molecule has 0 unspecified atom stereocenters. The van der Waals surface area contributed by atoms with Crippen LogP contribution >= 0.6 is 23.4 Å². The minimum absolute atomic E-state index is 0.213. The maximum absolute atomic E-state index is 11.6. The number of nitrogens with one attached hydrogen (secondary N) is 1. The van der Waals surface area contributed by atoms with Crippen molar-refractivity contribution in [1.29, 1.82) is 0 Å². The summed E-state index contributed by atoms with van der Waals surface area (Å²) in [6, 6.07) is 5.56. The Kier molecular flexibility index (Phi) is 5.95. The lowest BCUT2D eigenvalue weighted by molar-refractivity contribution is -0.135. The molecule has 0 bridgehead atoms. The largest absolute Gasteiger partial charge is 0.466 e. The van der Waals surface area contributed by atoms with E-state index < -0.39 is 11.9 Å². The molecule has 8 heteroatoms. The zero-order valence-corrected chi connectivity index (χ0v) is 14.1. The van der Waals surface area contributed by atoms with Gasteiger partial charge in [0.25, 0.3) is 5.91 Å². The van der Waals surface area contributed by atoms with Gasteiger partial charge in [0.2, 0.25) is 0 Å². The second-order valence-corrected chi connectivity index (χ2v) is 5.88. The first-order chi connectivity index (χ1) is 11.0. The van der Waals surface area contributed by atoms with Crippen molar-refractivity contribution < 1.29 is 14.3 Å². The molecule has 1 fully saturated rings. The smallest absolute Gasteiger partial charge is 0.331 e. The molecule has 1 aromatic carbocycles. The van der Waals surface area contributed by atoms with Crippen molar-refractivity contribution in [2.24, 2.45) is 10.2 Å². The number of thioether (sulfide) groups is 1. The van der Waals surface area contributed by atoms with E-state index >= 15 is 0 Å². The van der Waals surface area contributed by atoms with Crippen LogP contribution in [0, 0.1) is 0 Å². The molecule has 1 aromatic rings. The predicted octanol–water partition coefficient (Wildman–Crippen LogP) is 2.51. The number of hydrogen-bond acceptors (Lipinski definition) is 6. The lowest BCUT2D eigenvalue weighted by atomic mass is 10.1. The van der Waals surface area contributed by atoms with Gasteiger partial charge in [0, 0.05) is 11.1 Å². The van der Waals surface area contributed by atoms with Gasteiger partial charge in [0.1, 0.15) is 0 Å². The van der Waals surface area contributed by atoms with E-state index in [9.17, 15) is 9.59 Å². The van der Waals surface area contributed by atoms with Crippen molar-refractivity contribution in [2.45, 2.75) is 13.3 Å². The molecule has 1 N–H and O–H groups in total. The number of rotatable bonds is 4. The fourth-order valence-corrected chi connectivity index (χ4v) is 2.73. The number of nitrogens with zero attached hydrogens (tertiary/aromatic N) is 2. The highest BCUT2D eigenvalue weighted by Gasteiger charge is 2.24. The lowest BCUT2D eigenvalue weighted by Crippen LogP contribution is -2.19. The molecule has 0 aliphatic carbocycles. The first-order valence-electron chi connectivity index (χ1n) is 6.71. The molecule has 0 atom stereocenters. The maximum atomic E-state index is 11.6. The highest BCUT2D eigenvalue weighted by Crippen LogP contribution is 2.23. The number of ether oxygens (including phenoxy) is 1. The monoisotopic (exact) mass is 351 g/mol. The van der Waals surface area contributed by atoms with Crippen molar-refractivity contribution >= 4 is 46.6 Å². The Labute approximate surface area is 142 Å². The Morgan fingerprint density at radius 2 is 2.26 bits per heavy atom. The number of hydrogen-bond donors (Lipinski definition) is 1. The average molecular weight is 352 g/mol. The molecule has 1 aliphatic rings. The van der Waals surface area contributed by atoms with E-state index in [0.717, 1.165) is 35.4 Å². The van der Waals surface area contributed by atoms with Gasteiger partial charge in [0.15, 0.2) is 5.17 Å². The zero-order chi connectivity index (χ0) is 16.8. The molecule has 1 aliphatic heterocycles. The van der Waals surface area contributed by atoms with Crippen LogP contribution < -0.4 is 5.32 Å². The van der Waals surface area contributed by atoms with Gasteiger partial charge in [0.05, 0.1) is 18.2 Å². The van der Waals surface area contributed by atoms with E-state index in [1.807, 2.05) is 19.1 Å². The van der Waals surface area contributed by atoms with Crippen molar-refractivity contribution in [3.8, 4) is 0 Å². The van der Waals surface area contributed by atoms with E-state index in [4.69, 9.17) is 11.6 Å². The number of benzene rings is 1. The van der Waals surface area contributed by atoms with E-state index in [2.05, 4.69) is 20.3 Å². The molecule has 0 aromatic heterocycles. The summed E-state index contributed by atoms with van der Waals surface area (Å²) >= 11 is 7.08. The van der Waals surface area contributed by atoms with Gasteiger partial charge in [-0.25, -0.2) is 4.79 Å². The predicted molar refractivity (Wildman–Crippen MR) is 91.7 cm³/mol. The number of methoxy groups -OCH3 is 1. The van der Waals surface area contributed by atoms with Crippen LogP contribution in [0.25, 0.3) is 0 Å². The Balaban J connectivity index is 2.08. The lowest BCUT2D eigenvalue weighted by Gasteiger charge is -2.01. The molecule has 0 spiro atoms. The third-order valence-electron chi connectivity index (χ3n) is 2.91. The molecule has 0 radical (unpaired) electrons. The summed E-state index contributed by atoms with van der Waals surface area (Å²) in [6.07, 6.45) is 3.50. The Bertz CT molecular complexity index is 729. The SMILES string of the molecule is CCc1cc(C=N/N=C2/NC(=O)/C(=C\C(=O)OC)S2)ccc1Cl. The standard InChI is InChI=1S/C15H14ClN3O3S/c1-3-10-6-9(4-5-11(10)16)8-17-19-15-18-14(21)12(23-15)7-13(20)22-2/h4-8H,3H2,1-2H3,(H,18,19,21)/b12-7+,17-8?. The minimum Gasteiger partial charge on any atom is -0.466 e.